The number of hydrogen-bond donors (Lipinski definition) is 1. The van der Waals surface area contributed by atoms with E-state index in [9.17, 15) is 4.79 Å². The molecule has 0 radical (unpaired) electrons. The molecule has 1 aliphatic rings. The Bertz CT molecular complexity index is 580. The van der Waals surface area contributed by atoms with Gasteiger partial charge in [-0.25, -0.2) is 4.98 Å². The Morgan fingerprint density at radius 2 is 2.17 bits per heavy atom. The number of anilines is 1. The SMILES string of the molecule is CNCC(=O)N1CCn2c1nc1ccccc12.Cl. The van der Waals surface area contributed by atoms with Crippen molar-refractivity contribution in [2.24, 2.45) is 0 Å². The van der Waals surface area contributed by atoms with Gasteiger partial charge in [0.15, 0.2) is 0 Å². The maximum Gasteiger partial charge on any atom is 0.243 e. The molecule has 0 unspecified atom stereocenters. The molecule has 0 aliphatic carbocycles. The first-order valence-electron chi connectivity index (χ1n) is 5.71. The van der Waals surface area contributed by atoms with Crippen molar-refractivity contribution in [2.45, 2.75) is 6.54 Å². The highest BCUT2D eigenvalue weighted by Crippen LogP contribution is 2.26. The molecule has 0 atom stereocenters. The number of carbonyl (C=O) groups is 1. The summed E-state index contributed by atoms with van der Waals surface area (Å²) in [6, 6.07) is 7.97. The summed E-state index contributed by atoms with van der Waals surface area (Å²) in [5.41, 5.74) is 2.05. The number of nitrogens with zero attached hydrogens (tertiary/aromatic N) is 3. The van der Waals surface area contributed by atoms with Crippen LogP contribution in [0, 0.1) is 0 Å². The molecule has 0 saturated heterocycles. The normalized spacial score (nSPS) is 13.5. The van der Waals surface area contributed by atoms with Crippen LogP contribution in [0.2, 0.25) is 0 Å². The third-order valence-electron chi connectivity index (χ3n) is 3.05. The lowest BCUT2D eigenvalue weighted by molar-refractivity contribution is -0.117. The van der Waals surface area contributed by atoms with Gasteiger partial charge in [0, 0.05) is 13.1 Å². The first kappa shape index (κ1) is 12.9. The lowest BCUT2D eigenvalue weighted by Gasteiger charge is -2.12. The van der Waals surface area contributed by atoms with Crippen LogP contribution in [0.15, 0.2) is 24.3 Å². The monoisotopic (exact) mass is 266 g/mol. The molecule has 1 N–H and O–H groups in total. The van der Waals surface area contributed by atoms with Crippen molar-refractivity contribution in [3.8, 4) is 0 Å². The Morgan fingerprint density at radius 3 is 2.94 bits per heavy atom. The number of rotatable bonds is 2. The Hall–Kier alpha value is -1.59. The summed E-state index contributed by atoms with van der Waals surface area (Å²) >= 11 is 0. The van der Waals surface area contributed by atoms with E-state index in [2.05, 4.69) is 14.9 Å². The standard InChI is InChI=1S/C12H14N4O.ClH/c1-13-8-11(17)16-7-6-15-10-5-3-2-4-9(10)14-12(15)16;/h2-5,13H,6-8H2,1H3;1H. The van der Waals surface area contributed by atoms with Crippen LogP contribution >= 0.6 is 12.4 Å². The predicted molar refractivity (Wildman–Crippen MR) is 73.3 cm³/mol. The van der Waals surface area contributed by atoms with Gasteiger partial charge in [-0.05, 0) is 19.2 Å². The van der Waals surface area contributed by atoms with Crippen LogP contribution in [0.25, 0.3) is 11.0 Å². The van der Waals surface area contributed by atoms with E-state index in [1.165, 1.54) is 0 Å². The zero-order chi connectivity index (χ0) is 11.8. The lowest BCUT2D eigenvalue weighted by Crippen LogP contribution is -2.36. The molecule has 18 heavy (non-hydrogen) atoms. The number of para-hydroxylation sites is 2. The predicted octanol–water partition coefficient (Wildman–Crippen LogP) is 1.02. The molecule has 6 heteroatoms. The van der Waals surface area contributed by atoms with Gasteiger partial charge in [0.2, 0.25) is 11.9 Å². The van der Waals surface area contributed by atoms with Gasteiger partial charge in [-0.15, -0.1) is 12.4 Å². The van der Waals surface area contributed by atoms with E-state index < -0.39 is 0 Å². The van der Waals surface area contributed by atoms with Crippen molar-refractivity contribution in [1.82, 2.24) is 14.9 Å². The number of benzene rings is 1. The largest absolute Gasteiger partial charge is 0.311 e. The van der Waals surface area contributed by atoms with Crippen LogP contribution < -0.4 is 10.2 Å². The van der Waals surface area contributed by atoms with Crippen molar-refractivity contribution in [3.63, 3.8) is 0 Å². The number of aromatic nitrogens is 2. The van der Waals surface area contributed by atoms with Crippen LogP contribution in [-0.2, 0) is 11.3 Å². The first-order chi connectivity index (χ1) is 8.31. The summed E-state index contributed by atoms with van der Waals surface area (Å²) in [4.78, 5) is 18.2. The Balaban J connectivity index is 0.00000120. The quantitative estimate of drug-likeness (QED) is 0.883. The van der Waals surface area contributed by atoms with Gasteiger partial charge >= 0.3 is 0 Å². The highest BCUT2D eigenvalue weighted by atomic mass is 35.5. The van der Waals surface area contributed by atoms with E-state index in [0.29, 0.717) is 13.1 Å². The van der Waals surface area contributed by atoms with Gasteiger partial charge < -0.3 is 9.88 Å². The molecule has 5 nitrogen and oxygen atoms in total. The molecule has 1 aromatic heterocycles. The minimum Gasteiger partial charge on any atom is -0.311 e. The molecule has 0 spiro atoms. The smallest absolute Gasteiger partial charge is 0.243 e. The molecule has 0 bridgehead atoms. The summed E-state index contributed by atoms with van der Waals surface area (Å²) in [5, 5.41) is 2.88. The second kappa shape index (κ2) is 4.96. The highest BCUT2D eigenvalue weighted by Gasteiger charge is 2.27. The van der Waals surface area contributed by atoms with Gasteiger partial charge in [-0.1, -0.05) is 12.1 Å². The van der Waals surface area contributed by atoms with Crippen molar-refractivity contribution in [3.05, 3.63) is 24.3 Å². The molecule has 0 fully saturated rings. The van der Waals surface area contributed by atoms with E-state index >= 15 is 0 Å². The number of halogens is 1. The molecule has 1 amide bonds. The Labute approximate surface area is 111 Å². The van der Waals surface area contributed by atoms with Crippen LogP contribution in [0.1, 0.15) is 0 Å². The number of likely N-dealkylation sites (N-methyl/N-ethyl adjacent to an activating group) is 1. The summed E-state index contributed by atoms with van der Waals surface area (Å²) in [6.45, 7) is 1.89. The molecule has 2 heterocycles. The van der Waals surface area contributed by atoms with Crippen molar-refractivity contribution in [1.29, 1.82) is 0 Å². The number of amides is 1. The molecular formula is C12H15ClN4O. The van der Waals surface area contributed by atoms with Gasteiger partial charge in [-0.3, -0.25) is 9.69 Å². The third kappa shape index (κ3) is 1.85. The fourth-order valence-corrected chi connectivity index (χ4v) is 2.27. The molecule has 96 valence electrons. The maximum absolute atomic E-state index is 11.9. The zero-order valence-corrected chi connectivity index (χ0v) is 10.9. The van der Waals surface area contributed by atoms with Crippen LogP contribution in [0.5, 0.6) is 0 Å². The first-order valence-corrected chi connectivity index (χ1v) is 5.71. The second-order valence-corrected chi connectivity index (χ2v) is 4.13. The third-order valence-corrected chi connectivity index (χ3v) is 3.05. The average Bonchev–Trinajstić information content (AvgIpc) is 2.87. The summed E-state index contributed by atoms with van der Waals surface area (Å²) in [7, 11) is 1.77. The molecule has 2 aromatic rings. The number of carbonyl (C=O) groups excluding carboxylic acids is 1. The van der Waals surface area contributed by atoms with Crippen molar-refractivity contribution in [2.75, 3.05) is 25.0 Å². The number of hydrogen-bond acceptors (Lipinski definition) is 3. The van der Waals surface area contributed by atoms with E-state index in [1.807, 2.05) is 24.3 Å². The van der Waals surface area contributed by atoms with Crippen molar-refractivity contribution >= 4 is 35.3 Å². The number of imidazole rings is 1. The summed E-state index contributed by atoms with van der Waals surface area (Å²) in [5.74, 6) is 0.841. The zero-order valence-electron chi connectivity index (χ0n) is 10.1. The fourth-order valence-electron chi connectivity index (χ4n) is 2.27. The summed E-state index contributed by atoms with van der Waals surface area (Å²) < 4.78 is 2.10. The number of nitrogens with one attached hydrogen (secondary N) is 1. The van der Waals surface area contributed by atoms with Crippen LogP contribution in [0.4, 0.5) is 5.95 Å². The van der Waals surface area contributed by atoms with Gasteiger partial charge in [0.25, 0.3) is 0 Å². The molecular weight excluding hydrogens is 252 g/mol. The van der Waals surface area contributed by atoms with E-state index in [1.54, 1.807) is 11.9 Å². The number of fused-ring (bicyclic) bond motifs is 3. The molecule has 0 saturated carbocycles. The summed E-state index contributed by atoms with van der Waals surface area (Å²) in [6.07, 6.45) is 0. The topological polar surface area (TPSA) is 50.2 Å². The van der Waals surface area contributed by atoms with E-state index in [4.69, 9.17) is 0 Å². The van der Waals surface area contributed by atoms with E-state index in [0.717, 1.165) is 23.5 Å². The Morgan fingerprint density at radius 1 is 1.39 bits per heavy atom. The minimum atomic E-state index is 0. The van der Waals surface area contributed by atoms with Gasteiger partial charge in [0.1, 0.15) is 0 Å². The molecule has 1 aliphatic heterocycles. The maximum atomic E-state index is 11.9. The highest BCUT2D eigenvalue weighted by molar-refractivity contribution is 5.96. The second-order valence-electron chi connectivity index (χ2n) is 4.13. The minimum absolute atomic E-state index is 0. The van der Waals surface area contributed by atoms with Gasteiger partial charge in [-0.2, -0.15) is 0 Å². The average molecular weight is 267 g/mol. The molecule has 1 aromatic carbocycles. The van der Waals surface area contributed by atoms with E-state index in [-0.39, 0.29) is 18.3 Å². The van der Waals surface area contributed by atoms with Gasteiger partial charge in [0.05, 0.1) is 17.6 Å². The van der Waals surface area contributed by atoms with Crippen LogP contribution in [0.3, 0.4) is 0 Å². The lowest BCUT2D eigenvalue weighted by atomic mass is 10.3. The molecule has 3 rings (SSSR count). The Kier molecular flexibility index (Phi) is 3.54. The fraction of sp³-hybridized carbons (Fsp3) is 0.333. The van der Waals surface area contributed by atoms with Crippen molar-refractivity contribution < 1.29 is 4.79 Å². The van der Waals surface area contributed by atoms with Crippen LogP contribution in [-0.4, -0.2) is 35.6 Å².